The van der Waals surface area contributed by atoms with E-state index in [9.17, 15) is 8.78 Å². The van der Waals surface area contributed by atoms with E-state index in [1.807, 2.05) is 0 Å². The molecule has 0 radical (unpaired) electrons. The molecule has 1 aromatic rings. The summed E-state index contributed by atoms with van der Waals surface area (Å²) in [7, 11) is 1.51. The van der Waals surface area contributed by atoms with Crippen molar-refractivity contribution in [3.8, 4) is 0 Å². The zero-order valence-corrected chi connectivity index (χ0v) is 5.94. The van der Waals surface area contributed by atoms with Crippen molar-refractivity contribution in [3.05, 3.63) is 16.9 Å². The Morgan fingerprint density at radius 2 is 2.30 bits per heavy atom. The lowest BCUT2D eigenvalue weighted by Gasteiger charge is -1.88. The summed E-state index contributed by atoms with van der Waals surface area (Å²) in [5, 5.41) is 3.66. The molecule has 5 heteroatoms. The Hall–Kier alpha value is -0.640. The smallest absolute Gasteiger partial charge is 0.257 e. The average molecular weight is 167 g/mol. The highest BCUT2D eigenvalue weighted by Gasteiger charge is 2.11. The van der Waals surface area contributed by atoms with Crippen LogP contribution in [0.25, 0.3) is 0 Å². The van der Waals surface area contributed by atoms with Crippen LogP contribution in [0, 0.1) is 0 Å². The SMILES string of the molecule is Cn1nc(C(F)F)cc1Cl. The van der Waals surface area contributed by atoms with Gasteiger partial charge in [-0.25, -0.2) is 8.78 Å². The summed E-state index contributed by atoms with van der Waals surface area (Å²) >= 11 is 5.44. The number of nitrogens with zero attached hydrogens (tertiary/aromatic N) is 2. The first-order chi connectivity index (χ1) is 4.61. The third kappa shape index (κ3) is 1.26. The van der Waals surface area contributed by atoms with Crippen molar-refractivity contribution in [1.82, 2.24) is 9.78 Å². The normalized spacial score (nSPS) is 10.9. The van der Waals surface area contributed by atoms with Crippen LogP contribution in [0.4, 0.5) is 8.78 Å². The maximum atomic E-state index is 11.8. The van der Waals surface area contributed by atoms with Crippen molar-refractivity contribution in [3.63, 3.8) is 0 Å². The van der Waals surface area contributed by atoms with Gasteiger partial charge >= 0.3 is 0 Å². The van der Waals surface area contributed by atoms with E-state index in [-0.39, 0.29) is 10.8 Å². The van der Waals surface area contributed by atoms with Gasteiger partial charge in [-0.05, 0) is 0 Å². The Morgan fingerprint density at radius 3 is 2.50 bits per heavy atom. The van der Waals surface area contributed by atoms with Crippen LogP contribution in [0.5, 0.6) is 0 Å². The van der Waals surface area contributed by atoms with Gasteiger partial charge in [0.2, 0.25) is 0 Å². The van der Waals surface area contributed by atoms with E-state index < -0.39 is 6.43 Å². The van der Waals surface area contributed by atoms with E-state index >= 15 is 0 Å². The number of alkyl halides is 2. The Labute approximate surface area is 61.4 Å². The van der Waals surface area contributed by atoms with Gasteiger partial charge in [-0.1, -0.05) is 11.6 Å². The first-order valence-corrected chi connectivity index (χ1v) is 2.96. The lowest BCUT2D eigenvalue weighted by atomic mass is 10.5. The van der Waals surface area contributed by atoms with Crippen LogP contribution in [-0.2, 0) is 7.05 Å². The number of aryl methyl sites for hydroxylation is 1. The summed E-state index contributed by atoms with van der Waals surface area (Å²) in [6.45, 7) is 0. The largest absolute Gasteiger partial charge is 0.282 e. The van der Waals surface area contributed by atoms with Crippen molar-refractivity contribution in [2.24, 2.45) is 7.05 Å². The van der Waals surface area contributed by atoms with Crippen molar-refractivity contribution in [2.75, 3.05) is 0 Å². The molecule has 56 valence electrons. The van der Waals surface area contributed by atoms with Gasteiger partial charge in [0.15, 0.2) is 0 Å². The van der Waals surface area contributed by atoms with Gasteiger partial charge < -0.3 is 0 Å². The average Bonchev–Trinajstić information content (AvgIpc) is 2.13. The van der Waals surface area contributed by atoms with Crippen molar-refractivity contribution >= 4 is 11.6 Å². The first kappa shape index (κ1) is 7.47. The van der Waals surface area contributed by atoms with E-state index in [0.29, 0.717) is 0 Å². The zero-order chi connectivity index (χ0) is 7.72. The van der Waals surface area contributed by atoms with E-state index in [2.05, 4.69) is 5.10 Å². The molecular weight excluding hydrogens is 162 g/mol. The van der Waals surface area contributed by atoms with Crippen LogP contribution in [0.1, 0.15) is 12.1 Å². The molecule has 10 heavy (non-hydrogen) atoms. The van der Waals surface area contributed by atoms with Gasteiger partial charge in [-0.2, -0.15) is 5.10 Å². The van der Waals surface area contributed by atoms with Gasteiger partial charge in [0.25, 0.3) is 6.43 Å². The Balaban J connectivity index is 2.98. The fraction of sp³-hybridized carbons (Fsp3) is 0.400. The molecule has 0 saturated heterocycles. The molecule has 0 atom stereocenters. The molecule has 0 unspecified atom stereocenters. The van der Waals surface area contributed by atoms with Gasteiger partial charge in [-0.3, -0.25) is 4.68 Å². The second-order valence-electron chi connectivity index (χ2n) is 1.82. The van der Waals surface area contributed by atoms with E-state index in [1.165, 1.54) is 11.7 Å². The Bertz CT molecular complexity index is 214. The minimum Gasteiger partial charge on any atom is -0.257 e. The molecule has 1 rings (SSSR count). The molecule has 2 nitrogen and oxygen atoms in total. The van der Waals surface area contributed by atoms with Crippen LogP contribution in [0.3, 0.4) is 0 Å². The van der Waals surface area contributed by atoms with E-state index in [1.54, 1.807) is 0 Å². The molecule has 0 spiro atoms. The topological polar surface area (TPSA) is 17.8 Å². The highest BCUT2D eigenvalue weighted by Crippen LogP contribution is 2.19. The fourth-order valence-corrected chi connectivity index (χ4v) is 0.722. The third-order valence-electron chi connectivity index (χ3n) is 1.07. The highest BCUT2D eigenvalue weighted by molar-refractivity contribution is 6.29. The van der Waals surface area contributed by atoms with Gasteiger partial charge in [0.1, 0.15) is 10.8 Å². The monoisotopic (exact) mass is 166 g/mol. The molecule has 0 aliphatic carbocycles. The summed E-state index contributed by atoms with van der Waals surface area (Å²) in [6.07, 6.45) is -2.54. The van der Waals surface area contributed by atoms with Crippen LogP contribution >= 0.6 is 11.6 Å². The number of hydrogen-bond acceptors (Lipinski definition) is 1. The molecular formula is C5H5ClF2N2. The Kier molecular flexibility index (Phi) is 1.89. The van der Waals surface area contributed by atoms with Gasteiger partial charge in [0, 0.05) is 13.1 Å². The lowest BCUT2D eigenvalue weighted by molar-refractivity contribution is 0.145. The highest BCUT2D eigenvalue weighted by atomic mass is 35.5. The maximum Gasteiger partial charge on any atom is 0.282 e. The molecule has 0 saturated carbocycles. The predicted molar refractivity (Wildman–Crippen MR) is 33.2 cm³/mol. The minimum absolute atomic E-state index is 0.218. The molecule has 0 aromatic carbocycles. The van der Waals surface area contributed by atoms with Crippen LogP contribution in [0.15, 0.2) is 6.07 Å². The maximum absolute atomic E-state index is 11.8. The molecule has 0 amide bonds. The molecule has 0 N–H and O–H groups in total. The van der Waals surface area contributed by atoms with Gasteiger partial charge in [0.05, 0.1) is 0 Å². The van der Waals surface area contributed by atoms with E-state index in [4.69, 9.17) is 11.6 Å². The van der Waals surface area contributed by atoms with E-state index in [0.717, 1.165) is 6.07 Å². The first-order valence-electron chi connectivity index (χ1n) is 2.59. The number of rotatable bonds is 1. The molecule has 1 heterocycles. The molecule has 0 bridgehead atoms. The number of halogens is 3. The zero-order valence-electron chi connectivity index (χ0n) is 5.18. The summed E-state index contributed by atoms with van der Waals surface area (Å²) in [5.74, 6) is 0. The van der Waals surface area contributed by atoms with Crippen molar-refractivity contribution < 1.29 is 8.78 Å². The summed E-state index contributed by atoms with van der Waals surface area (Å²) in [5.41, 5.74) is -0.285. The summed E-state index contributed by atoms with van der Waals surface area (Å²) in [4.78, 5) is 0. The second-order valence-corrected chi connectivity index (χ2v) is 2.20. The van der Waals surface area contributed by atoms with Crippen LogP contribution < -0.4 is 0 Å². The van der Waals surface area contributed by atoms with Gasteiger partial charge in [-0.15, -0.1) is 0 Å². The van der Waals surface area contributed by atoms with Crippen molar-refractivity contribution in [2.45, 2.75) is 6.43 Å². The standard InChI is InChI=1S/C5H5ClF2N2/c1-10-4(6)2-3(9-10)5(7)8/h2,5H,1H3. The molecule has 0 fully saturated rings. The van der Waals surface area contributed by atoms with Crippen LogP contribution in [-0.4, -0.2) is 9.78 Å². The third-order valence-corrected chi connectivity index (χ3v) is 1.42. The Morgan fingerprint density at radius 1 is 1.70 bits per heavy atom. The lowest BCUT2D eigenvalue weighted by Crippen LogP contribution is -1.91. The summed E-state index contributed by atoms with van der Waals surface area (Å²) < 4.78 is 24.8. The number of aromatic nitrogens is 2. The van der Waals surface area contributed by atoms with Crippen LogP contribution in [0.2, 0.25) is 5.15 Å². The quantitative estimate of drug-likeness (QED) is 0.624. The fourth-order valence-electron chi connectivity index (χ4n) is 0.572. The number of hydrogen-bond donors (Lipinski definition) is 0. The van der Waals surface area contributed by atoms with Crippen molar-refractivity contribution in [1.29, 1.82) is 0 Å². The molecule has 1 aromatic heterocycles. The predicted octanol–water partition coefficient (Wildman–Crippen LogP) is 2.01. The minimum atomic E-state index is -2.54. The summed E-state index contributed by atoms with van der Waals surface area (Å²) in [6, 6.07) is 1.15. The molecule has 0 aliphatic heterocycles. The molecule has 0 aliphatic rings. The second kappa shape index (κ2) is 2.54.